The zero-order valence-corrected chi connectivity index (χ0v) is 24.8. The van der Waals surface area contributed by atoms with E-state index in [-0.39, 0.29) is 70.4 Å². The molecule has 2 amide bonds. The van der Waals surface area contributed by atoms with Crippen LogP contribution < -0.4 is 20.6 Å². The molecule has 14 heteroatoms. The molecule has 1 aliphatic carbocycles. The van der Waals surface area contributed by atoms with Crippen LogP contribution in [0.2, 0.25) is 0 Å². The molecule has 5 rings (SSSR count). The molecule has 0 aromatic heterocycles. The number of carboxylic acids is 1. The lowest BCUT2D eigenvalue weighted by Crippen LogP contribution is -2.34. The number of carbonyl (C=O) groups is 3. The molecule has 13 nitrogen and oxygen atoms in total. The van der Waals surface area contributed by atoms with Gasteiger partial charge >= 0.3 is 13.8 Å². The van der Waals surface area contributed by atoms with Gasteiger partial charge in [0.15, 0.2) is 5.43 Å². The number of hydrogen-bond donors (Lipinski definition) is 6. The van der Waals surface area contributed by atoms with Gasteiger partial charge in [-0.05, 0) is 72.1 Å². The van der Waals surface area contributed by atoms with E-state index in [4.69, 9.17) is 14.2 Å². The van der Waals surface area contributed by atoms with Gasteiger partial charge in [-0.2, -0.15) is 0 Å². The van der Waals surface area contributed by atoms with E-state index < -0.39 is 19.7 Å². The Morgan fingerprint density at radius 3 is 2.30 bits per heavy atom. The molecule has 0 atom stereocenters. The Kier molecular flexibility index (Phi) is 9.19. The first-order chi connectivity index (χ1) is 21.9. The molecule has 0 radical (unpaired) electrons. The van der Waals surface area contributed by atoms with Crippen LogP contribution in [0, 0.1) is 0 Å². The molecule has 0 unspecified atom stereocenters. The van der Waals surface area contributed by atoms with E-state index in [0.717, 1.165) is 5.56 Å². The van der Waals surface area contributed by atoms with E-state index in [0.29, 0.717) is 22.9 Å². The molecule has 1 heterocycles. The van der Waals surface area contributed by atoms with Crippen LogP contribution in [0.15, 0.2) is 88.1 Å². The summed E-state index contributed by atoms with van der Waals surface area (Å²) in [6.07, 6.45) is 0.489. The highest BCUT2D eigenvalue weighted by Gasteiger charge is 2.23. The second-order valence-electron chi connectivity index (χ2n) is 10.2. The van der Waals surface area contributed by atoms with Crippen LogP contribution in [0.4, 0.5) is 0 Å². The number of phosphoric ester groups is 1. The predicted octanol–water partition coefficient (Wildman–Crippen LogP) is 3.92. The normalized spacial score (nSPS) is 11.3. The number of fused-ring (bicyclic) bond motifs is 2. The average molecular weight is 647 g/mol. The first kappa shape index (κ1) is 31.9. The minimum absolute atomic E-state index is 0.00103. The Hall–Kier alpha value is -5.49. The lowest BCUT2D eigenvalue weighted by molar-refractivity contribution is -0.121. The van der Waals surface area contributed by atoms with Gasteiger partial charge in [0, 0.05) is 53.7 Å². The summed E-state index contributed by atoms with van der Waals surface area (Å²) in [6, 6.07) is 18.5. The number of amides is 2. The van der Waals surface area contributed by atoms with E-state index in [9.17, 15) is 34.0 Å². The number of rotatable bonds is 11. The van der Waals surface area contributed by atoms with Crippen LogP contribution in [0.1, 0.15) is 32.7 Å². The number of phenolic OH excluding ortho intramolecular Hbond substituents is 1. The van der Waals surface area contributed by atoms with Crippen LogP contribution >= 0.6 is 7.82 Å². The number of phosphoric acid groups is 1. The van der Waals surface area contributed by atoms with Crippen molar-refractivity contribution in [2.75, 3.05) is 13.1 Å². The highest BCUT2D eigenvalue weighted by atomic mass is 31.2. The number of aryl methyl sites for hydroxylation is 1. The summed E-state index contributed by atoms with van der Waals surface area (Å²) < 4.78 is 21.3. The van der Waals surface area contributed by atoms with Gasteiger partial charge in [0.05, 0.1) is 5.56 Å². The third-order valence-electron chi connectivity index (χ3n) is 6.98. The zero-order chi connectivity index (χ0) is 33.0. The Bertz CT molecular complexity index is 2030. The topological polar surface area (TPSA) is 213 Å². The summed E-state index contributed by atoms with van der Waals surface area (Å²) >= 11 is 0. The van der Waals surface area contributed by atoms with Gasteiger partial charge in [-0.15, -0.1) is 0 Å². The van der Waals surface area contributed by atoms with Crippen molar-refractivity contribution in [1.82, 2.24) is 10.6 Å². The van der Waals surface area contributed by atoms with Crippen LogP contribution in [-0.4, -0.2) is 50.9 Å². The molecule has 1 aliphatic heterocycles. The molecule has 236 valence electrons. The fourth-order valence-corrected chi connectivity index (χ4v) is 5.31. The minimum Gasteiger partial charge on any atom is -0.508 e. The van der Waals surface area contributed by atoms with E-state index in [1.165, 1.54) is 60.7 Å². The van der Waals surface area contributed by atoms with Gasteiger partial charge in [-0.25, -0.2) is 9.36 Å². The summed E-state index contributed by atoms with van der Waals surface area (Å²) in [5.74, 6) is -1.95. The fraction of sp³-hybridized carbons (Fsp3) is 0.125. The molecule has 0 spiro atoms. The number of aromatic carboxylic acids is 1. The molecular weight excluding hydrogens is 619 g/mol. The quantitative estimate of drug-likeness (QED) is 0.0687. The second kappa shape index (κ2) is 13.2. The molecule has 0 fully saturated rings. The van der Waals surface area contributed by atoms with Gasteiger partial charge in [-0.1, -0.05) is 12.1 Å². The highest BCUT2D eigenvalue weighted by Crippen LogP contribution is 2.42. The SMILES string of the molecule is O=C(CCc1ccc(OP(=O)(O)O)cc1)NCCNC(=O)c1ccc(C(=O)O)c(-c2c3ccc(=O)cc-3oc3cc(O)ccc23)c1. The summed E-state index contributed by atoms with van der Waals surface area (Å²) in [5, 5.41) is 25.9. The maximum Gasteiger partial charge on any atom is 0.524 e. The molecule has 6 N–H and O–H groups in total. The maximum absolute atomic E-state index is 13.1. The number of hydrogen-bond acceptors (Lipinski definition) is 8. The molecule has 3 aromatic rings. The number of aromatic hydroxyl groups is 1. The molecular formula is C32H27N2O11P. The summed E-state index contributed by atoms with van der Waals surface area (Å²) in [7, 11) is -4.66. The Labute approximate surface area is 260 Å². The predicted molar refractivity (Wildman–Crippen MR) is 166 cm³/mol. The van der Waals surface area contributed by atoms with Gasteiger partial charge < -0.3 is 29.8 Å². The molecule has 0 bridgehead atoms. The Morgan fingerprint density at radius 1 is 0.848 bits per heavy atom. The standard InChI is InChI=1S/C32H27N2O11P/c35-20-5-10-24-27(16-20)44-28-17-21(36)6-11-25(28)30(24)26-15-19(4-9-23(26)32(39)40)31(38)34-14-13-33-29(37)12-3-18-1-7-22(8-2-18)45-46(41,42)43/h1-2,4-11,15-17,35H,3,12-14H2,(H,33,37)(H,34,38)(H,39,40)(H2,41,42,43). The smallest absolute Gasteiger partial charge is 0.508 e. The van der Waals surface area contributed by atoms with Crippen LogP contribution in [0.3, 0.4) is 0 Å². The number of benzene rings is 4. The lowest BCUT2D eigenvalue weighted by Gasteiger charge is -2.17. The van der Waals surface area contributed by atoms with Crippen molar-refractivity contribution in [2.45, 2.75) is 12.8 Å². The van der Waals surface area contributed by atoms with Crippen molar-refractivity contribution < 1.29 is 47.9 Å². The van der Waals surface area contributed by atoms with Gasteiger partial charge in [-0.3, -0.25) is 24.2 Å². The lowest BCUT2D eigenvalue weighted by atomic mass is 9.89. The monoisotopic (exact) mass is 646 g/mol. The highest BCUT2D eigenvalue weighted by molar-refractivity contribution is 7.46. The largest absolute Gasteiger partial charge is 0.524 e. The summed E-state index contributed by atoms with van der Waals surface area (Å²) in [5.41, 5.74) is 1.72. The van der Waals surface area contributed by atoms with Crippen molar-refractivity contribution in [3.8, 4) is 33.9 Å². The maximum atomic E-state index is 13.1. The van der Waals surface area contributed by atoms with Crippen LogP contribution in [-0.2, 0) is 15.8 Å². The molecule has 0 saturated heterocycles. The Morgan fingerprint density at radius 2 is 1.59 bits per heavy atom. The first-order valence-electron chi connectivity index (χ1n) is 13.8. The van der Waals surface area contributed by atoms with E-state index >= 15 is 0 Å². The number of carboxylic acid groups (broad SMARTS) is 1. The third kappa shape index (κ3) is 7.59. The molecule has 2 aliphatic rings. The van der Waals surface area contributed by atoms with E-state index in [1.54, 1.807) is 18.2 Å². The van der Waals surface area contributed by atoms with E-state index in [2.05, 4.69) is 15.2 Å². The summed E-state index contributed by atoms with van der Waals surface area (Å²) in [4.78, 5) is 67.4. The van der Waals surface area contributed by atoms with Crippen molar-refractivity contribution in [1.29, 1.82) is 0 Å². The second-order valence-corrected chi connectivity index (χ2v) is 11.4. The number of phenols is 1. The van der Waals surface area contributed by atoms with E-state index in [1.807, 2.05) is 0 Å². The van der Waals surface area contributed by atoms with Crippen molar-refractivity contribution in [3.05, 3.63) is 106 Å². The van der Waals surface area contributed by atoms with Gasteiger partial charge in [0.2, 0.25) is 5.91 Å². The molecule has 0 saturated carbocycles. The average Bonchev–Trinajstić information content (AvgIpc) is 3.00. The van der Waals surface area contributed by atoms with Crippen LogP contribution in [0.5, 0.6) is 11.5 Å². The van der Waals surface area contributed by atoms with Crippen molar-refractivity contribution in [2.24, 2.45) is 0 Å². The molecule has 3 aromatic carbocycles. The minimum atomic E-state index is -4.66. The van der Waals surface area contributed by atoms with Crippen molar-refractivity contribution >= 4 is 36.6 Å². The Balaban J connectivity index is 1.27. The third-order valence-corrected chi connectivity index (χ3v) is 7.43. The fourth-order valence-electron chi connectivity index (χ4n) is 4.91. The number of carbonyl (C=O) groups excluding carboxylic acids is 2. The van der Waals surface area contributed by atoms with Gasteiger partial charge in [0.1, 0.15) is 22.8 Å². The number of nitrogens with one attached hydrogen (secondary N) is 2. The molecule has 46 heavy (non-hydrogen) atoms. The van der Waals surface area contributed by atoms with Crippen LogP contribution in [0.25, 0.3) is 33.4 Å². The van der Waals surface area contributed by atoms with Crippen molar-refractivity contribution in [3.63, 3.8) is 0 Å². The first-order valence-corrected chi connectivity index (χ1v) is 15.4. The zero-order valence-electron chi connectivity index (χ0n) is 23.9. The summed E-state index contributed by atoms with van der Waals surface area (Å²) in [6.45, 7) is 0.201. The van der Waals surface area contributed by atoms with Gasteiger partial charge in [0.25, 0.3) is 5.91 Å².